The van der Waals surface area contributed by atoms with E-state index < -0.39 is 5.82 Å². The third kappa shape index (κ3) is 3.85. The number of benzene rings is 1. The first-order chi connectivity index (χ1) is 7.15. The molecule has 0 amide bonds. The molecule has 3 nitrogen and oxygen atoms in total. The molecule has 0 fully saturated rings. The molecule has 0 bridgehead atoms. The molecule has 4 heteroatoms. The number of ether oxygens (including phenoxy) is 1. The van der Waals surface area contributed by atoms with Crippen molar-refractivity contribution in [2.24, 2.45) is 5.92 Å². The van der Waals surface area contributed by atoms with Crippen LogP contribution < -0.4 is 4.74 Å². The second-order valence-corrected chi connectivity index (χ2v) is 3.55. The summed E-state index contributed by atoms with van der Waals surface area (Å²) in [7, 11) is 0. The molecule has 0 saturated carbocycles. The van der Waals surface area contributed by atoms with Crippen LogP contribution in [0.15, 0.2) is 18.2 Å². The molecule has 0 saturated heterocycles. The fraction of sp³-hybridized carbons (Fsp3) is 0.455. The molecule has 0 heterocycles. The molecule has 84 valence electrons. The Bertz CT molecular complexity index is 315. The smallest absolute Gasteiger partial charge is 0.127 e. The highest BCUT2D eigenvalue weighted by atomic mass is 19.1. The quantitative estimate of drug-likeness (QED) is 0.777. The van der Waals surface area contributed by atoms with Gasteiger partial charge in [-0.2, -0.15) is 0 Å². The molecule has 0 aliphatic carbocycles. The molecule has 1 unspecified atom stereocenters. The summed E-state index contributed by atoms with van der Waals surface area (Å²) in [6.45, 7) is 1.96. The lowest BCUT2D eigenvalue weighted by Gasteiger charge is -2.11. The summed E-state index contributed by atoms with van der Waals surface area (Å²) in [5.41, 5.74) is 0.474. The second-order valence-electron chi connectivity index (χ2n) is 3.55. The fourth-order valence-electron chi connectivity index (χ4n) is 1.09. The van der Waals surface area contributed by atoms with E-state index in [2.05, 4.69) is 0 Å². The van der Waals surface area contributed by atoms with Crippen molar-refractivity contribution < 1.29 is 19.3 Å². The van der Waals surface area contributed by atoms with Crippen LogP contribution >= 0.6 is 0 Å². The van der Waals surface area contributed by atoms with E-state index in [1.165, 1.54) is 12.1 Å². The minimum Gasteiger partial charge on any atom is -0.493 e. The monoisotopic (exact) mass is 214 g/mol. The van der Waals surface area contributed by atoms with Crippen molar-refractivity contribution in [3.8, 4) is 5.75 Å². The van der Waals surface area contributed by atoms with Gasteiger partial charge < -0.3 is 14.9 Å². The number of halogens is 1. The zero-order valence-corrected chi connectivity index (χ0v) is 8.61. The molecule has 0 aliphatic rings. The number of hydrogen-bond acceptors (Lipinski definition) is 3. The van der Waals surface area contributed by atoms with E-state index in [9.17, 15) is 4.39 Å². The molecule has 0 radical (unpaired) electrons. The van der Waals surface area contributed by atoms with Gasteiger partial charge in [0.05, 0.1) is 13.2 Å². The number of hydrogen-bond donors (Lipinski definition) is 2. The highest BCUT2D eigenvalue weighted by Crippen LogP contribution is 2.17. The van der Waals surface area contributed by atoms with Gasteiger partial charge in [0.2, 0.25) is 0 Å². The van der Waals surface area contributed by atoms with Crippen LogP contribution in [0.4, 0.5) is 4.39 Å². The Hall–Kier alpha value is -1.13. The average molecular weight is 214 g/mol. The van der Waals surface area contributed by atoms with E-state index in [0.29, 0.717) is 17.9 Å². The Morgan fingerprint density at radius 3 is 2.67 bits per heavy atom. The molecular weight excluding hydrogens is 199 g/mol. The minimum atomic E-state index is -0.437. The SMILES string of the molecule is CC(CO)COc1cc(F)cc(CO)c1. The molecule has 1 aromatic carbocycles. The van der Waals surface area contributed by atoms with Crippen LogP contribution in [0.3, 0.4) is 0 Å². The van der Waals surface area contributed by atoms with E-state index in [-0.39, 0.29) is 19.1 Å². The first-order valence-electron chi connectivity index (χ1n) is 4.79. The summed E-state index contributed by atoms with van der Waals surface area (Å²) in [4.78, 5) is 0. The zero-order valence-electron chi connectivity index (χ0n) is 8.61. The normalized spacial score (nSPS) is 12.5. The fourth-order valence-corrected chi connectivity index (χ4v) is 1.09. The van der Waals surface area contributed by atoms with Gasteiger partial charge in [-0.25, -0.2) is 4.39 Å². The molecule has 0 aliphatic heterocycles. The Morgan fingerprint density at radius 2 is 2.07 bits per heavy atom. The maximum absolute atomic E-state index is 13.0. The standard InChI is InChI=1S/C11H15FO3/c1-8(5-13)7-15-11-3-9(6-14)2-10(12)4-11/h2-4,8,13-14H,5-7H2,1H3. The van der Waals surface area contributed by atoms with Crippen LogP contribution in [-0.4, -0.2) is 23.4 Å². The summed E-state index contributed by atoms with van der Waals surface area (Å²) < 4.78 is 18.3. The van der Waals surface area contributed by atoms with Crippen molar-refractivity contribution in [3.63, 3.8) is 0 Å². The molecule has 0 spiro atoms. The van der Waals surface area contributed by atoms with Crippen LogP contribution in [0, 0.1) is 11.7 Å². The van der Waals surface area contributed by atoms with Gasteiger partial charge in [-0.3, -0.25) is 0 Å². The predicted molar refractivity (Wildman–Crippen MR) is 54.1 cm³/mol. The van der Waals surface area contributed by atoms with Gasteiger partial charge in [0.1, 0.15) is 11.6 Å². The van der Waals surface area contributed by atoms with E-state index >= 15 is 0 Å². The molecule has 1 aromatic rings. The third-order valence-corrected chi connectivity index (χ3v) is 1.96. The maximum atomic E-state index is 13.0. The van der Waals surface area contributed by atoms with E-state index in [1.54, 1.807) is 6.07 Å². The number of aliphatic hydroxyl groups excluding tert-OH is 2. The lowest BCUT2D eigenvalue weighted by molar-refractivity contribution is 0.174. The summed E-state index contributed by atoms with van der Waals surface area (Å²) in [6.07, 6.45) is 0. The Balaban J connectivity index is 2.64. The summed E-state index contributed by atoms with van der Waals surface area (Å²) >= 11 is 0. The number of rotatable bonds is 5. The van der Waals surface area contributed by atoms with Gasteiger partial charge in [-0.1, -0.05) is 6.92 Å². The second kappa shape index (κ2) is 5.68. The first-order valence-corrected chi connectivity index (χ1v) is 4.79. The van der Waals surface area contributed by atoms with Gasteiger partial charge >= 0.3 is 0 Å². The van der Waals surface area contributed by atoms with Crippen molar-refractivity contribution in [2.75, 3.05) is 13.2 Å². The van der Waals surface area contributed by atoms with Crippen LogP contribution in [0.5, 0.6) is 5.75 Å². The Labute approximate surface area is 88.1 Å². The van der Waals surface area contributed by atoms with Gasteiger partial charge in [0.25, 0.3) is 0 Å². The molecular formula is C11H15FO3. The van der Waals surface area contributed by atoms with Crippen LogP contribution in [0.25, 0.3) is 0 Å². The molecule has 15 heavy (non-hydrogen) atoms. The average Bonchev–Trinajstić information content (AvgIpc) is 2.25. The molecule has 0 aromatic heterocycles. The topological polar surface area (TPSA) is 49.7 Å². The largest absolute Gasteiger partial charge is 0.493 e. The van der Waals surface area contributed by atoms with Crippen molar-refractivity contribution >= 4 is 0 Å². The maximum Gasteiger partial charge on any atom is 0.127 e. The van der Waals surface area contributed by atoms with Gasteiger partial charge in [0.15, 0.2) is 0 Å². The van der Waals surface area contributed by atoms with E-state index in [4.69, 9.17) is 14.9 Å². The minimum absolute atomic E-state index is 0.00541. The third-order valence-electron chi connectivity index (χ3n) is 1.96. The van der Waals surface area contributed by atoms with Gasteiger partial charge in [0, 0.05) is 18.6 Å². The van der Waals surface area contributed by atoms with Crippen molar-refractivity contribution in [3.05, 3.63) is 29.6 Å². The van der Waals surface area contributed by atoms with Crippen molar-refractivity contribution in [1.82, 2.24) is 0 Å². The molecule has 1 atom stereocenters. The van der Waals surface area contributed by atoms with E-state index in [0.717, 1.165) is 0 Å². The lowest BCUT2D eigenvalue weighted by atomic mass is 10.2. The molecule has 2 N–H and O–H groups in total. The number of aliphatic hydroxyl groups is 2. The van der Waals surface area contributed by atoms with Crippen molar-refractivity contribution in [2.45, 2.75) is 13.5 Å². The summed E-state index contributed by atoms with van der Waals surface area (Å²) in [5.74, 6) is -0.0570. The van der Waals surface area contributed by atoms with Crippen LogP contribution in [0.2, 0.25) is 0 Å². The molecule has 1 rings (SSSR count). The Kier molecular flexibility index (Phi) is 4.52. The van der Waals surface area contributed by atoms with Crippen LogP contribution in [0.1, 0.15) is 12.5 Å². The predicted octanol–water partition coefficient (Wildman–Crippen LogP) is 1.33. The lowest BCUT2D eigenvalue weighted by Crippen LogP contribution is -2.12. The van der Waals surface area contributed by atoms with Crippen molar-refractivity contribution in [1.29, 1.82) is 0 Å². The zero-order chi connectivity index (χ0) is 11.3. The highest BCUT2D eigenvalue weighted by molar-refractivity contribution is 5.29. The summed E-state index contributed by atoms with van der Waals surface area (Å²) in [6, 6.07) is 4.08. The van der Waals surface area contributed by atoms with Crippen LogP contribution in [-0.2, 0) is 6.61 Å². The Morgan fingerprint density at radius 1 is 1.33 bits per heavy atom. The first kappa shape index (κ1) is 11.9. The highest BCUT2D eigenvalue weighted by Gasteiger charge is 2.04. The van der Waals surface area contributed by atoms with Gasteiger partial charge in [-0.05, 0) is 17.7 Å². The summed E-state index contributed by atoms with van der Waals surface area (Å²) in [5, 5.41) is 17.6. The van der Waals surface area contributed by atoms with Gasteiger partial charge in [-0.15, -0.1) is 0 Å². The van der Waals surface area contributed by atoms with E-state index in [1.807, 2.05) is 6.92 Å².